The molecule has 0 bridgehead atoms. The lowest BCUT2D eigenvalue weighted by Gasteiger charge is -2.03. The lowest BCUT2D eigenvalue weighted by Crippen LogP contribution is -2.09. The number of carbonyl (C=O) groups excluding carboxylic acids is 1. The molecular weight excluding hydrogens is 182 g/mol. The molecule has 0 amide bonds. The van der Waals surface area contributed by atoms with E-state index in [9.17, 15) is 4.79 Å². The van der Waals surface area contributed by atoms with E-state index in [1.165, 1.54) is 12.3 Å². The second kappa shape index (κ2) is 4.23. The summed E-state index contributed by atoms with van der Waals surface area (Å²) in [7, 11) is 0. The standard InChI is InChI=1S/C9H9N3O2/c1-2-14-9(13)7-3-6(11)5-12-8(7)4-10/h3,5H,2,11H2,1H3. The number of pyridine rings is 1. The first kappa shape index (κ1) is 9.99. The molecular formula is C9H9N3O2. The number of hydrogen-bond donors (Lipinski definition) is 1. The number of nitrogen functional groups attached to an aromatic ring is 1. The molecule has 5 heteroatoms. The fourth-order valence-electron chi connectivity index (χ4n) is 0.934. The van der Waals surface area contributed by atoms with Crippen LogP contribution in [0.3, 0.4) is 0 Å². The minimum atomic E-state index is -0.580. The van der Waals surface area contributed by atoms with Crippen molar-refractivity contribution in [3.63, 3.8) is 0 Å². The number of nitrogens with zero attached hydrogens (tertiary/aromatic N) is 2. The molecule has 1 rings (SSSR count). The molecule has 14 heavy (non-hydrogen) atoms. The molecule has 1 aromatic rings. The summed E-state index contributed by atoms with van der Waals surface area (Å²) in [6.45, 7) is 1.93. The fraction of sp³-hybridized carbons (Fsp3) is 0.222. The van der Waals surface area contributed by atoms with E-state index < -0.39 is 5.97 Å². The van der Waals surface area contributed by atoms with Crippen LogP contribution in [-0.4, -0.2) is 17.6 Å². The highest BCUT2D eigenvalue weighted by Crippen LogP contribution is 2.10. The normalized spacial score (nSPS) is 9.14. The van der Waals surface area contributed by atoms with Gasteiger partial charge in [0.2, 0.25) is 0 Å². The number of esters is 1. The van der Waals surface area contributed by atoms with E-state index in [2.05, 4.69) is 4.98 Å². The van der Waals surface area contributed by atoms with Crippen LogP contribution in [0.4, 0.5) is 5.69 Å². The van der Waals surface area contributed by atoms with E-state index in [-0.39, 0.29) is 17.9 Å². The summed E-state index contributed by atoms with van der Waals surface area (Å²) in [6, 6.07) is 3.17. The van der Waals surface area contributed by atoms with Crippen molar-refractivity contribution in [1.82, 2.24) is 4.98 Å². The molecule has 0 spiro atoms. The Morgan fingerprint density at radius 1 is 1.79 bits per heavy atom. The zero-order chi connectivity index (χ0) is 10.6. The molecule has 0 aromatic carbocycles. The minimum absolute atomic E-state index is 0.0256. The predicted molar refractivity (Wildman–Crippen MR) is 49.3 cm³/mol. The molecule has 1 aromatic heterocycles. The zero-order valence-corrected chi connectivity index (χ0v) is 7.65. The van der Waals surface area contributed by atoms with Gasteiger partial charge >= 0.3 is 5.97 Å². The van der Waals surface area contributed by atoms with Gasteiger partial charge in [-0.3, -0.25) is 0 Å². The van der Waals surface area contributed by atoms with Crippen LogP contribution in [0.1, 0.15) is 23.0 Å². The lowest BCUT2D eigenvalue weighted by atomic mass is 10.2. The summed E-state index contributed by atoms with van der Waals surface area (Å²) < 4.78 is 4.74. The third-order valence-electron chi connectivity index (χ3n) is 1.51. The molecule has 0 saturated carbocycles. The number of hydrogen-bond acceptors (Lipinski definition) is 5. The highest BCUT2D eigenvalue weighted by molar-refractivity contribution is 5.92. The fourth-order valence-corrected chi connectivity index (χ4v) is 0.934. The number of aromatic nitrogens is 1. The number of anilines is 1. The first-order valence-corrected chi connectivity index (χ1v) is 4.01. The van der Waals surface area contributed by atoms with Gasteiger partial charge in [-0.2, -0.15) is 5.26 Å². The minimum Gasteiger partial charge on any atom is -0.462 e. The molecule has 1 heterocycles. The van der Waals surface area contributed by atoms with Gasteiger partial charge in [0.05, 0.1) is 24.1 Å². The average Bonchev–Trinajstić information content (AvgIpc) is 2.18. The molecule has 0 aliphatic rings. The largest absolute Gasteiger partial charge is 0.462 e. The summed E-state index contributed by atoms with van der Waals surface area (Å²) in [6.07, 6.45) is 1.32. The monoisotopic (exact) mass is 191 g/mol. The molecule has 0 aliphatic carbocycles. The lowest BCUT2D eigenvalue weighted by molar-refractivity contribution is 0.0525. The van der Waals surface area contributed by atoms with Crippen molar-refractivity contribution in [3.8, 4) is 6.07 Å². The molecule has 2 N–H and O–H groups in total. The molecule has 0 radical (unpaired) electrons. The highest BCUT2D eigenvalue weighted by Gasteiger charge is 2.13. The van der Waals surface area contributed by atoms with Crippen molar-refractivity contribution in [2.24, 2.45) is 0 Å². The van der Waals surface area contributed by atoms with E-state index in [0.717, 1.165) is 0 Å². The Hall–Kier alpha value is -2.09. The van der Waals surface area contributed by atoms with E-state index >= 15 is 0 Å². The van der Waals surface area contributed by atoms with E-state index in [1.54, 1.807) is 13.0 Å². The summed E-state index contributed by atoms with van der Waals surface area (Å²) in [4.78, 5) is 15.0. The Bertz CT molecular complexity index is 396. The smallest absolute Gasteiger partial charge is 0.341 e. The van der Waals surface area contributed by atoms with Gasteiger partial charge in [-0.15, -0.1) is 0 Å². The Morgan fingerprint density at radius 3 is 3.07 bits per heavy atom. The van der Waals surface area contributed by atoms with Crippen LogP contribution in [0, 0.1) is 11.3 Å². The third-order valence-corrected chi connectivity index (χ3v) is 1.51. The van der Waals surface area contributed by atoms with Gasteiger partial charge in [0, 0.05) is 0 Å². The summed E-state index contributed by atoms with van der Waals surface area (Å²) in [5.41, 5.74) is 5.89. The molecule has 72 valence electrons. The van der Waals surface area contributed by atoms with Crippen molar-refractivity contribution in [1.29, 1.82) is 5.26 Å². The first-order valence-electron chi connectivity index (χ1n) is 4.01. The van der Waals surface area contributed by atoms with E-state index in [1.807, 2.05) is 0 Å². The second-order valence-electron chi connectivity index (χ2n) is 2.50. The number of carbonyl (C=O) groups is 1. The van der Waals surface area contributed by atoms with Gasteiger partial charge in [0.1, 0.15) is 6.07 Å². The maximum atomic E-state index is 11.3. The average molecular weight is 191 g/mol. The molecule has 0 saturated heterocycles. The Balaban J connectivity index is 3.12. The van der Waals surface area contributed by atoms with E-state index in [4.69, 9.17) is 15.7 Å². The maximum absolute atomic E-state index is 11.3. The van der Waals surface area contributed by atoms with Gasteiger partial charge in [0.25, 0.3) is 0 Å². The van der Waals surface area contributed by atoms with Crippen molar-refractivity contribution in [2.45, 2.75) is 6.92 Å². The highest BCUT2D eigenvalue weighted by atomic mass is 16.5. The van der Waals surface area contributed by atoms with Crippen LogP contribution in [0.2, 0.25) is 0 Å². The van der Waals surface area contributed by atoms with Crippen LogP contribution < -0.4 is 5.73 Å². The van der Waals surface area contributed by atoms with Crippen LogP contribution >= 0.6 is 0 Å². The van der Waals surface area contributed by atoms with Crippen LogP contribution in [0.15, 0.2) is 12.3 Å². The van der Waals surface area contributed by atoms with Crippen LogP contribution in [-0.2, 0) is 4.74 Å². The number of rotatable bonds is 2. The number of nitrogens with two attached hydrogens (primary N) is 1. The maximum Gasteiger partial charge on any atom is 0.341 e. The molecule has 0 unspecified atom stereocenters. The van der Waals surface area contributed by atoms with E-state index in [0.29, 0.717) is 5.69 Å². The van der Waals surface area contributed by atoms with Gasteiger partial charge in [-0.25, -0.2) is 9.78 Å². The molecule has 0 aliphatic heterocycles. The Morgan fingerprint density at radius 2 is 2.50 bits per heavy atom. The summed E-state index contributed by atoms with van der Waals surface area (Å²) in [5.74, 6) is -0.580. The molecule has 0 atom stereocenters. The summed E-state index contributed by atoms with van der Waals surface area (Å²) in [5, 5.41) is 8.67. The Kier molecular flexibility index (Phi) is 3.02. The number of nitriles is 1. The SMILES string of the molecule is CCOC(=O)c1cc(N)cnc1C#N. The van der Waals surface area contributed by atoms with Crippen LogP contribution in [0.25, 0.3) is 0 Å². The van der Waals surface area contributed by atoms with Gasteiger partial charge in [0.15, 0.2) is 5.69 Å². The van der Waals surface area contributed by atoms with Crippen molar-refractivity contribution >= 4 is 11.7 Å². The van der Waals surface area contributed by atoms with Gasteiger partial charge in [-0.05, 0) is 13.0 Å². The zero-order valence-electron chi connectivity index (χ0n) is 7.65. The first-order chi connectivity index (χ1) is 6.69. The topological polar surface area (TPSA) is 89.0 Å². The van der Waals surface area contributed by atoms with Crippen molar-refractivity contribution < 1.29 is 9.53 Å². The second-order valence-corrected chi connectivity index (χ2v) is 2.50. The van der Waals surface area contributed by atoms with Crippen LogP contribution in [0.5, 0.6) is 0 Å². The third kappa shape index (κ3) is 1.98. The van der Waals surface area contributed by atoms with Gasteiger partial charge < -0.3 is 10.5 Å². The quantitative estimate of drug-likeness (QED) is 0.695. The summed E-state index contributed by atoms with van der Waals surface area (Å²) >= 11 is 0. The molecule has 0 fully saturated rings. The van der Waals surface area contributed by atoms with Gasteiger partial charge in [-0.1, -0.05) is 0 Å². The van der Waals surface area contributed by atoms with Crippen molar-refractivity contribution in [2.75, 3.05) is 12.3 Å². The van der Waals surface area contributed by atoms with Crippen molar-refractivity contribution in [3.05, 3.63) is 23.5 Å². The Labute approximate surface area is 81.1 Å². The number of ether oxygens (including phenoxy) is 1. The predicted octanol–water partition coefficient (Wildman–Crippen LogP) is 0.712. The molecule has 5 nitrogen and oxygen atoms in total.